The predicted octanol–water partition coefficient (Wildman–Crippen LogP) is 4.89. The van der Waals surface area contributed by atoms with Gasteiger partial charge in [-0.3, -0.25) is 4.79 Å². The number of halogens is 4. The largest absolute Gasteiger partial charge is 0.416 e. The third-order valence-electron chi connectivity index (χ3n) is 3.37. The summed E-state index contributed by atoms with van der Waals surface area (Å²) >= 11 is 3.41. The Kier molecular flexibility index (Phi) is 5.46. The summed E-state index contributed by atoms with van der Waals surface area (Å²) in [5.41, 5.74) is 0.489. The molecule has 1 atom stereocenters. The highest BCUT2D eigenvalue weighted by Crippen LogP contribution is 2.29. The average molecular weight is 386 g/mol. The van der Waals surface area contributed by atoms with Crippen LogP contribution in [0.5, 0.6) is 0 Å². The first-order valence-corrected chi connectivity index (χ1v) is 7.76. The monoisotopic (exact) mass is 385 g/mol. The van der Waals surface area contributed by atoms with Gasteiger partial charge in [0.15, 0.2) is 0 Å². The third-order valence-corrected chi connectivity index (χ3v) is 4.09. The maximum Gasteiger partial charge on any atom is 0.416 e. The summed E-state index contributed by atoms with van der Waals surface area (Å²) in [6.45, 7) is 1.82. The van der Waals surface area contributed by atoms with E-state index in [1.807, 2.05) is 31.2 Å². The molecule has 2 rings (SSSR count). The number of amides is 1. The minimum Gasteiger partial charge on any atom is -0.349 e. The van der Waals surface area contributed by atoms with E-state index in [9.17, 15) is 18.0 Å². The van der Waals surface area contributed by atoms with E-state index in [-0.39, 0.29) is 18.4 Å². The zero-order valence-electron chi connectivity index (χ0n) is 12.3. The number of hydrogen-bond donors (Lipinski definition) is 1. The molecule has 0 spiro atoms. The van der Waals surface area contributed by atoms with Crippen molar-refractivity contribution in [2.45, 2.75) is 25.6 Å². The van der Waals surface area contributed by atoms with Crippen LogP contribution >= 0.6 is 15.9 Å². The van der Waals surface area contributed by atoms with Gasteiger partial charge >= 0.3 is 6.18 Å². The van der Waals surface area contributed by atoms with Gasteiger partial charge in [0.25, 0.3) is 0 Å². The highest BCUT2D eigenvalue weighted by atomic mass is 79.9. The second kappa shape index (κ2) is 7.17. The molecular weight excluding hydrogens is 371 g/mol. The van der Waals surface area contributed by atoms with Crippen LogP contribution in [0.15, 0.2) is 53.0 Å². The summed E-state index contributed by atoms with van der Waals surface area (Å²) in [5, 5.41) is 2.79. The van der Waals surface area contributed by atoms with Crippen molar-refractivity contribution in [3.63, 3.8) is 0 Å². The molecule has 2 aromatic rings. The Hall–Kier alpha value is -1.82. The Morgan fingerprint density at radius 1 is 1.17 bits per heavy atom. The molecule has 23 heavy (non-hydrogen) atoms. The number of carbonyl (C=O) groups excluding carboxylic acids is 1. The van der Waals surface area contributed by atoms with E-state index >= 15 is 0 Å². The summed E-state index contributed by atoms with van der Waals surface area (Å²) in [6, 6.07) is 12.0. The van der Waals surface area contributed by atoms with Crippen LogP contribution in [0.1, 0.15) is 29.7 Å². The number of nitrogens with one attached hydrogen (secondary N) is 1. The molecule has 0 aliphatic rings. The van der Waals surface area contributed by atoms with E-state index in [1.54, 1.807) is 0 Å². The number of benzene rings is 2. The van der Waals surface area contributed by atoms with Crippen molar-refractivity contribution in [1.82, 2.24) is 5.32 Å². The lowest BCUT2D eigenvalue weighted by Crippen LogP contribution is -2.28. The van der Waals surface area contributed by atoms with Crippen LogP contribution < -0.4 is 5.32 Å². The fourth-order valence-corrected chi connectivity index (χ4v) is 2.87. The zero-order chi connectivity index (χ0) is 17.0. The van der Waals surface area contributed by atoms with Crippen LogP contribution in [-0.4, -0.2) is 5.91 Å². The lowest BCUT2D eigenvalue weighted by atomic mass is 10.1. The van der Waals surface area contributed by atoms with Gasteiger partial charge in [-0.05, 0) is 30.2 Å². The molecule has 1 N–H and O–H groups in total. The molecule has 0 aromatic heterocycles. The lowest BCUT2D eigenvalue weighted by molar-refractivity contribution is -0.137. The standard InChI is InChI=1S/C17H15BrF3NO/c1-11(14-7-2-3-8-15(14)18)22-16(23)10-12-5-4-6-13(9-12)17(19,20)21/h2-9,11H,10H2,1H3,(H,22,23)/t11-/m1/s1. The van der Waals surface area contributed by atoms with Gasteiger partial charge < -0.3 is 5.32 Å². The molecule has 1 amide bonds. The van der Waals surface area contributed by atoms with Crippen LogP contribution in [0.3, 0.4) is 0 Å². The summed E-state index contributed by atoms with van der Waals surface area (Å²) in [4.78, 5) is 12.1. The van der Waals surface area contributed by atoms with E-state index < -0.39 is 11.7 Å². The van der Waals surface area contributed by atoms with Crippen LogP contribution in [0.25, 0.3) is 0 Å². The molecule has 0 aliphatic heterocycles. The molecule has 122 valence electrons. The first-order valence-electron chi connectivity index (χ1n) is 6.97. The van der Waals surface area contributed by atoms with Crippen molar-refractivity contribution in [3.05, 3.63) is 69.7 Å². The first-order chi connectivity index (χ1) is 10.8. The van der Waals surface area contributed by atoms with Crippen LogP contribution in [0.2, 0.25) is 0 Å². The van der Waals surface area contributed by atoms with Crippen LogP contribution in [-0.2, 0) is 17.4 Å². The molecule has 0 fully saturated rings. The Labute approximate surface area is 140 Å². The summed E-state index contributed by atoms with van der Waals surface area (Å²) < 4.78 is 38.9. The molecule has 2 nitrogen and oxygen atoms in total. The Bertz CT molecular complexity index is 700. The summed E-state index contributed by atoms with van der Waals surface area (Å²) in [7, 11) is 0. The summed E-state index contributed by atoms with van der Waals surface area (Å²) in [6.07, 6.45) is -4.51. The van der Waals surface area contributed by atoms with Crippen molar-refractivity contribution >= 4 is 21.8 Å². The SMILES string of the molecule is C[C@@H](NC(=O)Cc1cccc(C(F)(F)F)c1)c1ccccc1Br. The van der Waals surface area contributed by atoms with Gasteiger partial charge in [-0.1, -0.05) is 52.3 Å². The highest BCUT2D eigenvalue weighted by Gasteiger charge is 2.30. The van der Waals surface area contributed by atoms with Gasteiger partial charge in [-0.15, -0.1) is 0 Å². The molecule has 0 heterocycles. The van der Waals surface area contributed by atoms with Crippen molar-refractivity contribution in [2.75, 3.05) is 0 Å². The van der Waals surface area contributed by atoms with E-state index in [2.05, 4.69) is 21.2 Å². The second-order valence-electron chi connectivity index (χ2n) is 5.19. The Morgan fingerprint density at radius 3 is 2.52 bits per heavy atom. The maximum atomic E-state index is 12.7. The average Bonchev–Trinajstić information content (AvgIpc) is 2.46. The molecular formula is C17H15BrF3NO. The van der Waals surface area contributed by atoms with E-state index in [4.69, 9.17) is 0 Å². The van der Waals surface area contributed by atoms with Gasteiger partial charge in [0.1, 0.15) is 0 Å². The normalized spacial score (nSPS) is 12.7. The molecule has 6 heteroatoms. The zero-order valence-corrected chi connectivity index (χ0v) is 13.9. The molecule has 0 radical (unpaired) electrons. The number of rotatable bonds is 4. The smallest absolute Gasteiger partial charge is 0.349 e. The van der Waals surface area contributed by atoms with Crippen LogP contribution in [0, 0.1) is 0 Å². The van der Waals surface area contributed by atoms with E-state index in [1.165, 1.54) is 12.1 Å². The van der Waals surface area contributed by atoms with Crippen LogP contribution in [0.4, 0.5) is 13.2 Å². The fourth-order valence-electron chi connectivity index (χ4n) is 2.24. The first kappa shape index (κ1) is 17.5. The van der Waals surface area contributed by atoms with Gasteiger partial charge in [0.2, 0.25) is 5.91 Å². The van der Waals surface area contributed by atoms with Gasteiger partial charge in [-0.25, -0.2) is 0 Å². The van der Waals surface area contributed by atoms with Gasteiger partial charge in [-0.2, -0.15) is 13.2 Å². The van der Waals surface area contributed by atoms with Gasteiger partial charge in [0.05, 0.1) is 18.0 Å². The number of hydrogen-bond acceptors (Lipinski definition) is 1. The molecule has 0 unspecified atom stereocenters. The lowest BCUT2D eigenvalue weighted by Gasteiger charge is -2.16. The molecule has 2 aromatic carbocycles. The quantitative estimate of drug-likeness (QED) is 0.797. The number of alkyl halides is 3. The van der Waals surface area contributed by atoms with E-state index in [0.29, 0.717) is 5.56 Å². The van der Waals surface area contributed by atoms with Crippen molar-refractivity contribution < 1.29 is 18.0 Å². The molecule has 0 aliphatic carbocycles. The maximum absolute atomic E-state index is 12.7. The minimum absolute atomic E-state index is 0.0985. The topological polar surface area (TPSA) is 29.1 Å². The van der Waals surface area contributed by atoms with Crippen molar-refractivity contribution in [3.8, 4) is 0 Å². The van der Waals surface area contributed by atoms with Crippen molar-refractivity contribution in [2.24, 2.45) is 0 Å². The minimum atomic E-state index is -4.41. The fraction of sp³-hybridized carbons (Fsp3) is 0.235. The second-order valence-corrected chi connectivity index (χ2v) is 6.04. The Balaban J connectivity index is 2.04. The van der Waals surface area contributed by atoms with E-state index in [0.717, 1.165) is 22.2 Å². The highest BCUT2D eigenvalue weighted by molar-refractivity contribution is 9.10. The molecule has 0 bridgehead atoms. The van der Waals surface area contributed by atoms with Gasteiger partial charge in [0, 0.05) is 4.47 Å². The number of carbonyl (C=O) groups is 1. The predicted molar refractivity (Wildman–Crippen MR) is 85.8 cm³/mol. The Morgan fingerprint density at radius 2 is 1.87 bits per heavy atom. The molecule has 0 saturated heterocycles. The third kappa shape index (κ3) is 4.82. The molecule has 0 saturated carbocycles. The van der Waals surface area contributed by atoms with Crippen molar-refractivity contribution in [1.29, 1.82) is 0 Å². The summed E-state index contributed by atoms with van der Waals surface area (Å²) in [5.74, 6) is -0.326.